The van der Waals surface area contributed by atoms with Gasteiger partial charge in [-0.15, -0.1) is 0 Å². The smallest absolute Gasteiger partial charge is 0.320 e. The first kappa shape index (κ1) is 15.0. The second-order valence-electron chi connectivity index (χ2n) is 4.89. The molecule has 0 aromatic carbocycles. The topological polar surface area (TPSA) is 49.9 Å². The number of hydrogen-bond acceptors (Lipinski definition) is 4. The van der Waals surface area contributed by atoms with E-state index >= 15 is 0 Å². The molecule has 5 heteroatoms. The van der Waals surface area contributed by atoms with E-state index in [2.05, 4.69) is 0 Å². The lowest BCUT2D eigenvalue weighted by Gasteiger charge is -2.27. The first-order valence-electron chi connectivity index (χ1n) is 6.72. The van der Waals surface area contributed by atoms with Gasteiger partial charge in [-0.1, -0.05) is 0 Å². The zero-order valence-corrected chi connectivity index (χ0v) is 11.6. The highest BCUT2D eigenvalue weighted by Gasteiger charge is 2.23. The van der Waals surface area contributed by atoms with E-state index in [-0.39, 0.29) is 24.5 Å². The van der Waals surface area contributed by atoms with Crippen LogP contribution in [0.3, 0.4) is 0 Å². The summed E-state index contributed by atoms with van der Waals surface area (Å²) in [4.78, 5) is 27.2. The van der Waals surface area contributed by atoms with E-state index in [0.717, 1.165) is 25.9 Å². The van der Waals surface area contributed by atoms with Gasteiger partial charge in [0.25, 0.3) is 0 Å². The Hall–Kier alpha value is -1.10. The molecule has 1 heterocycles. The van der Waals surface area contributed by atoms with Crippen molar-refractivity contribution in [3.05, 3.63) is 0 Å². The minimum Gasteiger partial charge on any atom is -0.465 e. The lowest BCUT2D eigenvalue weighted by Crippen LogP contribution is -2.44. The number of rotatable bonds is 6. The summed E-state index contributed by atoms with van der Waals surface area (Å²) < 4.78 is 4.92. The summed E-state index contributed by atoms with van der Waals surface area (Å²) in [6, 6.07) is 0.154. The predicted molar refractivity (Wildman–Crippen MR) is 69.2 cm³/mol. The third-order valence-corrected chi connectivity index (χ3v) is 3.16. The van der Waals surface area contributed by atoms with Gasteiger partial charge < -0.3 is 9.64 Å². The van der Waals surface area contributed by atoms with E-state index in [1.165, 1.54) is 0 Å². The van der Waals surface area contributed by atoms with Gasteiger partial charge in [0.2, 0.25) is 5.91 Å². The van der Waals surface area contributed by atoms with Crippen LogP contribution in [0, 0.1) is 0 Å². The van der Waals surface area contributed by atoms with Gasteiger partial charge >= 0.3 is 5.97 Å². The molecule has 1 amide bonds. The molecule has 0 N–H and O–H groups in total. The molecule has 0 aromatic heterocycles. The summed E-state index contributed by atoms with van der Waals surface area (Å²) in [6.07, 6.45) is 2.18. The van der Waals surface area contributed by atoms with E-state index in [4.69, 9.17) is 4.74 Å². The Balaban J connectivity index is 2.46. The molecule has 5 nitrogen and oxygen atoms in total. The number of amides is 1. The van der Waals surface area contributed by atoms with Gasteiger partial charge in [0.1, 0.15) is 0 Å². The van der Waals surface area contributed by atoms with Crippen LogP contribution in [0.15, 0.2) is 0 Å². The molecule has 104 valence electrons. The highest BCUT2D eigenvalue weighted by molar-refractivity contribution is 5.79. The molecule has 1 rings (SSSR count). The van der Waals surface area contributed by atoms with E-state index in [9.17, 15) is 9.59 Å². The van der Waals surface area contributed by atoms with Crippen LogP contribution in [-0.4, -0.2) is 60.5 Å². The minimum atomic E-state index is -0.263. The minimum absolute atomic E-state index is 0.116. The molecule has 0 saturated carbocycles. The summed E-state index contributed by atoms with van der Waals surface area (Å²) in [5.74, 6) is -0.147. The number of nitrogens with zero attached hydrogens (tertiary/aromatic N) is 2. The quantitative estimate of drug-likeness (QED) is 0.662. The van der Waals surface area contributed by atoms with Crippen LogP contribution in [0.25, 0.3) is 0 Å². The molecule has 0 aliphatic carbocycles. The largest absolute Gasteiger partial charge is 0.465 e. The van der Waals surface area contributed by atoms with Gasteiger partial charge in [-0.05, 0) is 33.6 Å². The Labute approximate surface area is 109 Å². The van der Waals surface area contributed by atoms with Crippen LogP contribution in [0.1, 0.15) is 33.6 Å². The van der Waals surface area contributed by atoms with E-state index < -0.39 is 0 Å². The maximum atomic E-state index is 12.0. The average Bonchev–Trinajstić information content (AvgIpc) is 2.81. The van der Waals surface area contributed by atoms with E-state index in [1.54, 1.807) is 6.92 Å². The van der Waals surface area contributed by atoms with Crippen molar-refractivity contribution in [2.24, 2.45) is 0 Å². The third kappa shape index (κ3) is 4.64. The molecule has 0 unspecified atom stereocenters. The molecule has 1 aliphatic rings. The first-order chi connectivity index (χ1) is 8.54. The Bertz CT molecular complexity index is 286. The van der Waals surface area contributed by atoms with Crippen molar-refractivity contribution in [1.82, 2.24) is 9.80 Å². The maximum absolute atomic E-state index is 12.0. The Kier molecular flexibility index (Phi) is 6.12. The number of hydrogen-bond donors (Lipinski definition) is 0. The normalized spacial score (nSPS) is 15.5. The fraction of sp³-hybridized carbons (Fsp3) is 0.846. The number of esters is 1. The van der Waals surface area contributed by atoms with Crippen molar-refractivity contribution in [3.63, 3.8) is 0 Å². The molecule has 18 heavy (non-hydrogen) atoms. The van der Waals surface area contributed by atoms with Crippen LogP contribution in [0.5, 0.6) is 0 Å². The summed E-state index contributed by atoms with van der Waals surface area (Å²) in [5.41, 5.74) is 0. The second kappa shape index (κ2) is 7.36. The number of carbonyl (C=O) groups is 2. The average molecular weight is 256 g/mol. The number of likely N-dealkylation sites (tertiary alicyclic amines) is 1. The number of ether oxygens (including phenoxy) is 1. The zero-order chi connectivity index (χ0) is 13.5. The highest BCUT2D eigenvalue weighted by Crippen LogP contribution is 2.09. The maximum Gasteiger partial charge on any atom is 0.320 e. The lowest BCUT2D eigenvalue weighted by molar-refractivity contribution is -0.145. The molecule has 0 aromatic rings. The molecule has 1 fully saturated rings. The molecule has 1 aliphatic heterocycles. The fourth-order valence-corrected chi connectivity index (χ4v) is 2.03. The Morgan fingerprint density at radius 3 is 2.33 bits per heavy atom. The van der Waals surface area contributed by atoms with E-state index in [1.807, 2.05) is 23.6 Å². The molecule has 0 bridgehead atoms. The summed E-state index contributed by atoms with van der Waals surface area (Å²) in [7, 11) is 0. The fourth-order valence-electron chi connectivity index (χ4n) is 2.03. The van der Waals surface area contributed by atoms with Crippen molar-refractivity contribution in [1.29, 1.82) is 0 Å². The summed E-state index contributed by atoms with van der Waals surface area (Å²) in [6.45, 7) is 8.32. The van der Waals surface area contributed by atoms with Gasteiger partial charge in [-0.3, -0.25) is 14.5 Å². The van der Waals surface area contributed by atoms with Crippen LogP contribution < -0.4 is 0 Å². The van der Waals surface area contributed by atoms with E-state index in [0.29, 0.717) is 13.2 Å². The second-order valence-corrected chi connectivity index (χ2v) is 4.89. The van der Waals surface area contributed by atoms with Gasteiger partial charge in [-0.2, -0.15) is 0 Å². The van der Waals surface area contributed by atoms with Gasteiger partial charge in [0.05, 0.1) is 19.7 Å². The van der Waals surface area contributed by atoms with Gasteiger partial charge in [-0.25, -0.2) is 0 Å². The van der Waals surface area contributed by atoms with Crippen molar-refractivity contribution in [3.8, 4) is 0 Å². The van der Waals surface area contributed by atoms with Crippen molar-refractivity contribution < 1.29 is 14.3 Å². The van der Waals surface area contributed by atoms with Crippen LogP contribution in [0.2, 0.25) is 0 Å². The predicted octanol–water partition coefficient (Wildman–Crippen LogP) is 0.882. The summed E-state index contributed by atoms with van der Waals surface area (Å²) in [5, 5.41) is 0. The monoisotopic (exact) mass is 256 g/mol. The van der Waals surface area contributed by atoms with Crippen LogP contribution >= 0.6 is 0 Å². The standard InChI is InChI=1S/C13H24N2O3/c1-4-18-13(17)10-15(11(2)3)9-12(16)14-7-5-6-8-14/h11H,4-10H2,1-3H3. The van der Waals surface area contributed by atoms with Gasteiger partial charge in [0.15, 0.2) is 0 Å². The van der Waals surface area contributed by atoms with Crippen molar-refractivity contribution in [2.45, 2.75) is 39.7 Å². The molecular formula is C13H24N2O3. The Morgan fingerprint density at radius 1 is 1.22 bits per heavy atom. The highest BCUT2D eigenvalue weighted by atomic mass is 16.5. The molecule has 0 spiro atoms. The molecule has 0 radical (unpaired) electrons. The third-order valence-electron chi connectivity index (χ3n) is 3.16. The van der Waals surface area contributed by atoms with Crippen LogP contribution in [0.4, 0.5) is 0 Å². The summed E-state index contributed by atoms with van der Waals surface area (Å²) >= 11 is 0. The molecule has 1 saturated heterocycles. The Morgan fingerprint density at radius 2 is 1.83 bits per heavy atom. The van der Waals surface area contributed by atoms with Crippen molar-refractivity contribution >= 4 is 11.9 Å². The van der Waals surface area contributed by atoms with Crippen LogP contribution in [-0.2, 0) is 14.3 Å². The van der Waals surface area contributed by atoms with Gasteiger partial charge in [0, 0.05) is 19.1 Å². The SMILES string of the molecule is CCOC(=O)CN(CC(=O)N1CCCC1)C(C)C. The molecule has 0 atom stereocenters. The lowest BCUT2D eigenvalue weighted by atomic mass is 10.3. The van der Waals surface area contributed by atoms with Crippen molar-refractivity contribution in [2.75, 3.05) is 32.8 Å². The first-order valence-corrected chi connectivity index (χ1v) is 6.72. The molecular weight excluding hydrogens is 232 g/mol. The number of carbonyl (C=O) groups excluding carboxylic acids is 2. The zero-order valence-electron chi connectivity index (χ0n) is 11.6.